The van der Waals surface area contributed by atoms with Crippen LogP contribution in [0, 0.1) is 0 Å². The quantitative estimate of drug-likeness (QED) is 0.0676. The first-order valence-electron chi connectivity index (χ1n) is 19.5. The lowest BCUT2D eigenvalue weighted by atomic mass is 10.2. The van der Waals surface area contributed by atoms with E-state index in [-0.39, 0.29) is 6.61 Å². The summed E-state index contributed by atoms with van der Waals surface area (Å²) in [5.41, 5.74) is 5.46. The van der Waals surface area contributed by atoms with Crippen molar-refractivity contribution >= 4 is 57.3 Å². The number of carbonyl (C=O) groups is 1. The lowest BCUT2D eigenvalue weighted by molar-refractivity contribution is -0.000432. The zero-order chi connectivity index (χ0) is 40.7. The topological polar surface area (TPSA) is 202 Å². The van der Waals surface area contributed by atoms with Crippen LogP contribution in [0.3, 0.4) is 0 Å². The number of imidazole rings is 2. The first-order valence-corrected chi connectivity index (χ1v) is 19.9. The highest BCUT2D eigenvalue weighted by molar-refractivity contribution is 6.34. The van der Waals surface area contributed by atoms with Gasteiger partial charge >= 0.3 is 6.09 Å². The average Bonchev–Trinajstić information content (AvgIpc) is 4.00. The summed E-state index contributed by atoms with van der Waals surface area (Å²) < 4.78 is 36.7. The summed E-state index contributed by atoms with van der Waals surface area (Å²) in [6.45, 7) is 7.60. The summed E-state index contributed by atoms with van der Waals surface area (Å²) in [5.74, 6) is 1.91. The number of rotatable bonds is 23. The van der Waals surface area contributed by atoms with Crippen molar-refractivity contribution in [3.05, 3.63) is 77.6 Å². The monoisotopic (exact) mass is 832 g/mol. The van der Waals surface area contributed by atoms with Gasteiger partial charge in [-0.1, -0.05) is 41.9 Å². The molecule has 4 N–H and O–H groups in total. The molecule has 0 spiro atoms. The van der Waals surface area contributed by atoms with Crippen molar-refractivity contribution in [2.24, 2.45) is 7.05 Å². The van der Waals surface area contributed by atoms with Gasteiger partial charge in [0.1, 0.15) is 18.8 Å². The van der Waals surface area contributed by atoms with Crippen molar-refractivity contribution < 1.29 is 33.2 Å². The van der Waals surface area contributed by atoms with E-state index in [1.54, 1.807) is 17.2 Å². The van der Waals surface area contributed by atoms with Gasteiger partial charge in [-0.05, 0) is 17.7 Å². The third kappa shape index (κ3) is 12.0. The number of hydrogen-bond acceptors (Lipinski definition) is 15. The Morgan fingerprint density at radius 3 is 2.36 bits per heavy atom. The standard InChI is InChI=1S/C39H49ClN12O7/c1-50-25-29(23-45-50)52-27-44-35-36(48-38(49-37(35)52)51-9-13-56-14-10-51)43-24-34-46-32-21-30(40)31(22-33(32)47-34)41-7-11-54-15-17-57-19-20-58-18-16-55-12-8-42-39(53)59-26-28-5-3-2-4-6-28/h2-6,21-23,25,27,41H,7-20,24,26H2,1H3,(H,42,53)(H,46,47)(H,43,48,49). The van der Waals surface area contributed by atoms with Crippen LogP contribution in [0.2, 0.25) is 5.02 Å². The third-order valence-corrected chi connectivity index (χ3v) is 9.41. The Balaban J connectivity index is 0.773. The lowest BCUT2D eigenvalue weighted by Crippen LogP contribution is -2.37. The maximum absolute atomic E-state index is 11.7. The number of H-pyrrole nitrogens is 1. The highest BCUT2D eigenvalue weighted by atomic mass is 35.5. The number of amides is 1. The van der Waals surface area contributed by atoms with Crippen molar-refractivity contribution in [3.63, 3.8) is 0 Å². The van der Waals surface area contributed by atoms with E-state index >= 15 is 0 Å². The number of carbonyl (C=O) groups excluding carboxylic acids is 1. The molecule has 6 aromatic rings. The van der Waals surface area contributed by atoms with Crippen LogP contribution in [0.5, 0.6) is 0 Å². The van der Waals surface area contributed by atoms with Gasteiger partial charge in [0, 0.05) is 39.4 Å². The minimum Gasteiger partial charge on any atom is -0.445 e. The molecule has 1 aliphatic rings. The summed E-state index contributed by atoms with van der Waals surface area (Å²) >= 11 is 6.62. The van der Waals surface area contributed by atoms with Crippen molar-refractivity contribution in [2.75, 3.05) is 108 Å². The Morgan fingerprint density at radius 1 is 0.898 bits per heavy atom. The fraction of sp³-hybridized carbons (Fsp3) is 0.436. The molecule has 0 atom stereocenters. The van der Waals surface area contributed by atoms with Crippen LogP contribution in [-0.2, 0) is 48.6 Å². The van der Waals surface area contributed by atoms with E-state index in [1.165, 1.54) is 0 Å². The molecule has 1 amide bonds. The molecule has 2 aromatic carbocycles. The van der Waals surface area contributed by atoms with E-state index in [2.05, 4.69) is 35.9 Å². The molecule has 0 aliphatic carbocycles. The molecule has 20 heteroatoms. The number of ether oxygens (including phenoxy) is 6. The smallest absolute Gasteiger partial charge is 0.407 e. The van der Waals surface area contributed by atoms with Gasteiger partial charge in [-0.2, -0.15) is 15.1 Å². The number of anilines is 3. The van der Waals surface area contributed by atoms with Gasteiger partial charge < -0.3 is 54.3 Å². The Labute approximate surface area is 345 Å². The van der Waals surface area contributed by atoms with Crippen LogP contribution in [0.15, 0.2) is 61.2 Å². The molecule has 314 valence electrons. The van der Waals surface area contributed by atoms with E-state index in [0.717, 1.165) is 28.0 Å². The molecule has 1 fully saturated rings. The molecule has 0 saturated carbocycles. The van der Waals surface area contributed by atoms with Gasteiger partial charge in [0.15, 0.2) is 17.0 Å². The number of nitrogens with zero attached hydrogens (tertiary/aromatic N) is 8. The van der Waals surface area contributed by atoms with Crippen molar-refractivity contribution in [1.29, 1.82) is 0 Å². The lowest BCUT2D eigenvalue weighted by Gasteiger charge is -2.27. The van der Waals surface area contributed by atoms with E-state index in [4.69, 9.17) is 55.0 Å². The maximum atomic E-state index is 11.7. The summed E-state index contributed by atoms with van der Waals surface area (Å²) in [6, 6.07) is 13.3. The maximum Gasteiger partial charge on any atom is 0.407 e. The van der Waals surface area contributed by atoms with Gasteiger partial charge in [-0.25, -0.2) is 14.8 Å². The Morgan fingerprint density at radius 2 is 1.63 bits per heavy atom. The second-order valence-corrected chi connectivity index (χ2v) is 13.8. The van der Waals surface area contributed by atoms with Gasteiger partial charge in [0.25, 0.3) is 0 Å². The highest BCUT2D eigenvalue weighted by Gasteiger charge is 2.21. The van der Waals surface area contributed by atoms with Crippen molar-refractivity contribution in [3.8, 4) is 5.69 Å². The van der Waals surface area contributed by atoms with Gasteiger partial charge in [0.2, 0.25) is 5.95 Å². The molecule has 59 heavy (non-hydrogen) atoms. The van der Waals surface area contributed by atoms with E-state index in [0.29, 0.717) is 133 Å². The number of hydrogen-bond donors (Lipinski definition) is 4. The molecule has 0 radical (unpaired) electrons. The molecule has 4 aromatic heterocycles. The largest absolute Gasteiger partial charge is 0.445 e. The number of fused-ring (bicyclic) bond motifs is 2. The number of aryl methyl sites for hydroxylation is 1. The average molecular weight is 833 g/mol. The number of aromatic nitrogens is 8. The van der Waals surface area contributed by atoms with E-state index < -0.39 is 6.09 Å². The molecular weight excluding hydrogens is 784 g/mol. The molecule has 5 heterocycles. The molecule has 1 aliphatic heterocycles. The molecule has 7 rings (SSSR count). The number of halogens is 1. The normalized spacial score (nSPS) is 13.0. The number of aromatic amines is 1. The SMILES string of the molecule is Cn1cc(-n2cnc3c(NCc4nc5cc(Cl)c(NCCOCCOCCOCCOCCNC(=O)OCc6ccccc6)cc5[nH]4)nc(N4CCOCC4)nc32)cn1. The minimum absolute atomic E-state index is 0.228. The zero-order valence-corrected chi connectivity index (χ0v) is 33.7. The molecular formula is C39H49ClN12O7. The van der Waals surface area contributed by atoms with E-state index in [9.17, 15) is 4.79 Å². The van der Waals surface area contributed by atoms with Gasteiger partial charge in [-0.3, -0.25) is 9.25 Å². The summed E-state index contributed by atoms with van der Waals surface area (Å²) in [6.07, 6.45) is 4.94. The predicted molar refractivity (Wildman–Crippen MR) is 221 cm³/mol. The number of morpholine rings is 1. The first-order chi connectivity index (χ1) is 29.0. The first kappa shape index (κ1) is 41.6. The second kappa shape index (κ2) is 21.4. The van der Waals surface area contributed by atoms with Gasteiger partial charge in [-0.15, -0.1) is 0 Å². The second-order valence-electron chi connectivity index (χ2n) is 13.4. The fourth-order valence-electron chi connectivity index (χ4n) is 6.13. The van der Waals surface area contributed by atoms with Crippen LogP contribution in [0.4, 0.5) is 22.2 Å². The van der Waals surface area contributed by atoms with E-state index in [1.807, 2.05) is 60.3 Å². The Bertz CT molecular complexity index is 2230. The Hall–Kier alpha value is -5.57. The number of alkyl carbamates (subject to hydrolysis) is 1. The van der Waals surface area contributed by atoms with Crippen molar-refractivity contribution in [2.45, 2.75) is 13.2 Å². The van der Waals surface area contributed by atoms with Gasteiger partial charge in [0.05, 0.1) is 106 Å². The fourth-order valence-corrected chi connectivity index (χ4v) is 6.35. The minimum atomic E-state index is -0.476. The summed E-state index contributed by atoms with van der Waals surface area (Å²) in [4.78, 5) is 36.5. The Kier molecular flexibility index (Phi) is 15.1. The number of benzene rings is 2. The van der Waals surface area contributed by atoms with Crippen molar-refractivity contribution in [1.82, 2.24) is 44.6 Å². The molecule has 1 saturated heterocycles. The van der Waals surface area contributed by atoms with Crippen LogP contribution in [0.1, 0.15) is 11.4 Å². The van der Waals surface area contributed by atoms with Crippen LogP contribution >= 0.6 is 11.6 Å². The molecule has 0 bridgehead atoms. The predicted octanol–water partition coefficient (Wildman–Crippen LogP) is 3.93. The summed E-state index contributed by atoms with van der Waals surface area (Å²) in [5, 5.41) is 14.3. The van der Waals surface area contributed by atoms with Crippen LogP contribution in [-0.4, -0.2) is 138 Å². The highest BCUT2D eigenvalue weighted by Crippen LogP contribution is 2.28. The molecule has 19 nitrogen and oxygen atoms in total. The van der Waals surface area contributed by atoms with Crippen LogP contribution < -0.4 is 20.9 Å². The number of nitrogens with one attached hydrogen (secondary N) is 4. The zero-order valence-electron chi connectivity index (χ0n) is 32.9. The molecule has 0 unspecified atom stereocenters. The van der Waals surface area contributed by atoms with Crippen LogP contribution in [0.25, 0.3) is 27.9 Å². The third-order valence-electron chi connectivity index (χ3n) is 9.10. The summed E-state index contributed by atoms with van der Waals surface area (Å²) in [7, 11) is 1.87.